The lowest BCUT2D eigenvalue weighted by molar-refractivity contribution is -0.383. The number of allylic oxidation sites excluding steroid dienone is 2. The number of esters is 4. The lowest BCUT2D eigenvalue weighted by Gasteiger charge is -2.73. The van der Waals surface area contributed by atoms with Crippen molar-refractivity contribution in [2.24, 2.45) is 56.2 Å². The minimum Gasteiger partial charge on any atom is -0.469 e. The summed E-state index contributed by atoms with van der Waals surface area (Å²) in [5, 5.41) is 79.4. The van der Waals surface area contributed by atoms with Crippen LogP contribution in [0.4, 0.5) is 0 Å². The highest BCUT2D eigenvalue weighted by molar-refractivity contribution is 5.88. The van der Waals surface area contributed by atoms with E-state index in [0.29, 0.717) is 37.7 Å². The molecular weight excluding hydrogens is 985 g/mol. The van der Waals surface area contributed by atoms with Crippen molar-refractivity contribution >= 4 is 30.3 Å². The number of aliphatic hydroxyl groups excluding tert-OH is 7. The van der Waals surface area contributed by atoms with Crippen LogP contribution in [0.1, 0.15) is 121 Å². The van der Waals surface area contributed by atoms with Crippen molar-refractivity contribution in [2.75, 3.05) is 20.3 Å². The van der Waals surface area contributed by atoms with E-state index in [9.17, 15) is 59.7 Å². The van der Waals surface area contributed by atoms with E-state index in [1.54, 1.807) is 33.8 Å². The number of rotatable bonds is 14. The molecule has 7 rings (SSSR count). The van der Waals surface area contributed by atoms with Crippen molar-refractivity contribution in [2.45, 2.75) is 207 Å². The van der Waals surface area contributed by atoms with Crippen LogP contribution in [-0.2, 0) is 66.6 Å². The first-order valence-corrected chi connectivity index (χ1v) is 26.4. The fourth-order valence-corrected chi connectivity index (χ4v) is 15.2. The Morgan fingerprint density at radius 2 is 1.49 bits per heavy atom. The predicted octanol–water partition coefficient (Wildman–Crippen LogP) is 2.29. The molecule has 23 atom stereocenters. The molecule has 4 saturated carbocycles. The van der Waals surface area contributed by atoms with Crippen molar-refractivity contribution in [1.82, 2.24) is 0 Å². The third-order valence-electron chi connectivity index (χ3n) is 19.9. The zero-order valence-electron chi connectivity index (χ0n) is 45.3. The van der Waals surface area contributed by atoms with Gasteiger partial charge in [0.15, 0.2) is 18.7 Å². The van der Waals surface area contributed by atoms with Crippen LogP contribution < -0.4 is 0 Å². The van der Waals surface area contributed by atoms with Gasteiger partial charge in [-0.1, -0.05) is 66.2 Å². The van der Waals surface area contributed by atoms with Gasteiger partial charge in [0.2, 0.25) is 6.29 Å². The molecule has 0 bridgehead atoms. The topological polar surface area (TPSA) is 310 Å². The molecule has 5 aliphatic carbocycles. The molecule has 6 fully saturated rings. The molecule has 0 amide bonds. The molecule has 0 aromatic carbocycles. The summed E-state index contributed by atoms with van der Waals surface area (Å²) in [4.78, 5) is 67.4. The number of fused-ring (bicyclic) bond motifs is 7. The largest absolute Gasteiger partial charge is 0.469 e. The first-order chi connectivity index (χ1) is 35.1. The molecule has 75 heavy (non-hydrogen) atoms. The third-order valence-corrected chi connectivity index (χ3v) is 19.9. The smallest absolute Gasteiger partial charge is 0.333 e. The standard InChI is InChI=1S/C54H82O21/c1-13-25(3)43(64)73-41-42(74-44(65)26(4)14-2)54(23-55)29(21-49(41,6)7)28-15-16-31-50(8)19-18-33(52(10,48(66)67-12)32(50)17-20-51(31,9)53(28,11)39(63)40(54)70-27(5)57)71-47-37(62)38(36(61)46(75-47)69-24-56)72-45-35(60)34(59)30(58)22-68-45/h13,15,24,26,29-42,45-47,55,58-63H,14,16-23H2,1-12H3/b25-13-/t26?,29-,30?,31?,32?,33?,34?,35?,36?,37?,38?,39-,40+,41-,42-,45?,46?,47?,50+,51+,52-,53-,54?/m0/s1. The second-order valence-corrected chi connectivity index (χ2v) is 24.0. The van der Waals surface area contributed by atoms with Gasteiger partial charge < -0.3 is 78.4 Å². The van der Waals surface area contributed by atoms with Gasteiger partial charge in [0.1, 0.15) is 54.9 Å². The Kier molecular flexibility index (Phi) is 17.0. The zero-order valence-corrected chi connectivity index (χ0v) is 45.3. The lowest BCUT2D eigenvalue weighted by Crippen LogP contribution is -2.77. The fraction of sp³-hybridized carbons (Fsp3) is 0.833. The number of hydrogen-bond donors (Lipinski definition) is 7. The van der Waals surface area contributed by atoms with Gasteiger partial charge in [-0.05, 0) is 94.3 Å². The van der Waals surface area contributed by atoms with E-state index in [0.717, 1.165) is 5.57 Å². The molecule has 0 aromatic rings. The summed E-state index contributed by atoms with van der Waals surface area (Å²) in [5.74, 6) is -4.71. The van der Waals surface area contributed by atoms with Crippen molar-refractivity contribution in [3.8, 4) is 0 Å². The van der Waals surface area contributed by atoms with Gasteiger partial charge in [0, 0.05) is 23.3 Å². The summed E-state index contributed by atoms with van der Waals surface area (Å²) in [6.45, 7) is 18.6. The summed E-state index contributed by atoms with van der Waals surface area (Å²) >= 11 is 0. The maximum atomic E-state index is 14.6. The summed E-state index contributed by atoms with van der Waals surface area (Å²) in [6.07, 6.45) is -16.0. The Bertz CT molecular complexity index is 2220. The summed E-state index contributed by atoms with van der Waals surface area (Å²) in [5.41, 5.74) is -5.73. The van der Waals surface area contributed by atoms with E-state index < -0.39 is 173 Å². The third kappa shape index (κ3) is 9.28. The fourth-order valence-electron chi connectivity index (χ4n) is 15.2. The maximum absolute atomic E-state index is 14.6. The Morgan fingerprint density at radius 3 is 2.09 bits per heavy atom. The van der Waals surface area contributed by atoms with Gasteiger partial charge in [0.05, 0.1) is 43.2 Å². The molecule has 7 aliphatic rings. The zero-order chi connectivity index (χ0) is 55.7. The van der Waals surface area contributed by atoms with Gasteiger partial charge in [-0.25, -0.2) is 4.79 Å². The molecule has 424 valence electrons. The minimum atomic E-state index is -1.87. The molecule has 0 radical (unpaired) electrons. The minimum absolute atomic E-state index is 0.0120. The molecule has 7 N–H and O–H groups in total. The summed E-state index contributed by atoms with van der Waals surface area (Å²) in [6, 6.07) is 0. The predicted molar refractivity (Wildman–Crippen MR) is 260 cm³/mol. The van der Waals surface area contributed by atoms with Crippen LogP contribution in [0.3, 0.4) is 0 Å². The van der Waals surface area contributed by atoms with Crippen molar-refractivity contribution in [3.05, 3.63) is 23.3 Å². The van der Waals surface area contributed by atoms with Gasteiger partial charge in [-0.2, -0.15) is 0 Å². The molecular formula is C54H82O21. The highest BCUT2D eigenvalue weighted by atomic mass is 16.8. The van der Waals surface area contributed by atoms with E-state index in [4.69, 9.17) is 42.6 Å². The maximum Gasteiger partial charge on any atom is 0.333 e. The molecule has 2 saturated heterocycles. The average Bonchev–Trinajstić information content (AvgIpc) is 3.36. The van der Waals surface area contributed by atoms with E-state index >= 15 is 0 Å². The van der Waals surface area contributed by atoms with Gasteiger partial charge in [0.25, 0.3) is 6.47 Å². The molecule has 14 unspecified atom stereocenters. The summed E-state index contributed by atoms with van der Waals surface area (Å²) < 4.78 is 53.3. The number of carbonyl (C=O) groups excluding carboxylic acids is 5. The van der Waals surface area contributed by atoms with E-state index in [1.807, 2.05) is 27.7 Å². The van der Waals surface area contributed by atoms with Crippen LogP contribution >= 0.6 is 0 Å². The van der Waals surface area contributed by atoms with Crippen LogP contribution in [0.15, 0.2) is 23.3 Å². The van der Waals surface area contributed by atoms with Crippen LogP contribution in [0.25, 0.3) is 0 Å². The van der Waals surface area contributed by atoms with Gasteiger partial charge in [-0.15, -0.1) is 0 Å². The van der Waals surface area contributed by atoms with Crippen LogP contribution in [0.5, 0.6) is 0 Å². The van der Waals surface area contributed by atoms with E-state index in [1.165, 1.54) is 14.0 Å². The van der Waals surface area contributed by atoms with Crippen LogP contribution in [0.2, 0.25) is 0 Å². The highest BCUT2D eigenvalue weighted by Gasteiger charge is 2.78. The Labute approximate surface area is 438 Å². The molecule has 21 heteroatoms. The highest BCUT2D eigenvalue weighted by Crippen LogP contribution is 2.76. The normalized spacial score (nSPS) is 46.7. The monoisotopic (exact) mass is 1070 g/mol. The number of carbonyl (C=O) groups is 5. The number of ether oxygens (including phenoxy) is 9. The Balaban J connectivity index is 1.28. The molecule has 2 aliphatic heterocycles. The molecule has 0 aromatic heterocycles. The Hall–Kier alpha value is -3.61. The number of aliphatic hydroxyl groups is 7. The van der Waals surface area contributed by atoms with E-state index in [2.05, 4.69) is 19.9 Å². The Morgan fingerprint density at radius 1 is 0.827 bits per heavy atom. The van der Waals surface area contributed by atoms with Gasteiger partial charge >= 0.3 is 23.9 Å². The molecule has 2 heterocycles. The van der Waals surface area contributed by atoms with Crippen molar-refractivity contribution in [1.29, 1.82) is 0 Å². The quantitative estimate of drug-likeness (QED) is 0.0328. The molecule has 0 spiro atoms. The number of hydrogen-bond acceptors (Lipinski definition) is 21. The second kappa shape index (κ2) is 21.6. The summed E-state index contributed by atoms with van der Waals surface area (Å²) in [7, 11) is 1.26. The van der Waals surface area contributed by atoms with Gasteiger partial charge in [-0.3, -0.25) is 19.2 Å². The lowest BCUT2D eigenvalue weighted by atomic mass is 9.32. The SMILES string of the molecule is C/C=C(/C)C(=O)O[C@H]1[C@H](OC(=O)C(C)CC)C2(CO)[C@H](OC(C)=O)[C@H](O)[C@]3(C)C(=CCC4[C@@]5(C)CCC(OC6OC(OC=O)C(O)C(OC7OCC(O)C(O)C7O)C6O)[C@@](C)(C(=O)OC)C5CC[C@]43C)[C@@H]2CC1(C)C. The second-order valence-electron chi connectivity index (χ2n) is 24.0. The van der Waals surface area contributed by atoms with Crippen LogP contribution in [0, 0.1) is 56.2 Å². The first-order valence-electron chi connectivity index (χ1n) is 26.4. The van der Waals surface area contributed by atoms with Crippen molar-refractivity contribution in [3.63, 3.8) is 0 Å². The van der Waals surface area contributed by atoms with Crippen molar-refractivity contribution < 1.29 is 102 Å². The first kappa shape index (κ1) is 59.1. The number of methoxy groups -OCH3 is 1. The van der Waals surface area contributed by atoms with Crippen LogP contribution in [-0.4, -0.2) is 172 Å². The van der Waals surface area contributed by atoms with E-state index in [-0.39, 0.29) is 25.2 Å². The average molecular weight is 1070 g/mol. The molecule has 21 nitrogen and oxygen atoms in total.